The van der Waals surface area contributed by atoms with Gasteiger partial charge < -0.3 is 14.8 Å². The minimum atomic E-state index is -0.885. The van der Waals surface area contributed by atoms with Crippen LogP contribution < -0.4 is 5.32 Å². The zero-order chi connectivity index (χ0) is 18.2. The van der Waals surface area contributed by atoms with Gasteiger partial charge >= 0.3 is 5.97 Å². The van der Waals surface area contributed by atoms with E-state index in [4.69, 9.17) is 9.47 Å². The zero-order valence-corrected chi connectivity index (χ0v) is 14.1. The van der Waals surface area contributed by atoms with Crippen LogP contribution in [0.1, 0.15) is 33.1 Å². The van der Waals surface area contributed by atoms with Crippen molar-refractivity contribution >= 4 is 23.3 Å². The minimum absolute atomic E-state index is 0.00313. The van der Waals surface area contributed by atoms with E-state index in [0.717, 1.165) is 0 Å². The Bertz CT molecular complexity index is 732. The van der Waals surface area contributed by atoms with Crippen molar-refractivity contribution in [3.63, 3.8) is 0 Å². The highest BCUT2D eigenvalue weighted by Gasteiger charge is 2.56. The molecule has 3 rings (SSSR count). The van der Waals surface area contributed by atoms with Gasteiger partial charge in [-0.05, 0) is 19.9 Å². The quantitative estimate of drug-likeness (QED) is 0.510. The minimum Gasteiger partial charge on any atom is -0.458 e. The van der Waals surface area contributed by atoms with E-state index >= 15 is 0 Å². The Morgan fingerprint density at radius 2 is 2.16 bits per heavy atom. The maximum absolute atomic E-state index is 12.8. The molecular weight excluding hydrogens is 328 g/mol. The number of hydrogen-bond donors (Lipinski definition) is 1. The van der Waals surface area contributed by atoms with Crippen LogP contribution in [0.5, 0.6) is 0 Å². The highest BCUT2D eigenvalue weighted by molar-refractivity contribution is 5.97. The van der Waals surface area contributed by atoms with Crippen LogP contribution in [0.15, 0.2) is 24.3 Å². The Morgan fingerprint density at radius 1 is 1.40 bits per heavy atom. The molecule has 0 aliphatic carbocycles. The number of non-ortho nitro benzene ring substituents is 1. The number of hydrogen-bond acceptors (Lipinski definition) is 6. The number of benzene rings is 1. The second-order valence-electron chi connectivity index (χ2n) is 7.13. The first-order chi connectivity index (χ1) is 11.7. The van der Waals surface area contributed by atoms with E-state index in [-0.39, 0.29) is 18.0 Å². The Balaban J connectivity index is 1.81. The number of carbonyl (C=O) groups is 2. The Kier molecular flexibility index (Phi) is 4.24. The van der Waals surface area contributed by atoms with Crippen LogP contribution in [0.25, 0.3) is 0 Å². The van der Waals surface area contributed by atoms with Gasteiger partial charge in [0.05, 0.1) is 29.5 Å². The molecule has 1 amide bonds. The second-order valence-corrected chi connectivity index (χ2v) is 7.13. The van der Waals surface area contributed by atoms with E-state index in [0.29, 0.717) is 25.1 Å². The molecule has 2 saturated heterocycles. The highest BCUT2D eigenvalue weighted by atomic mass is 16.6. The maximum Gasteiger partial charge on any atom is 0.307 e. The molecule has 2 atom stereocenters. The molecule has 0 bridgehead atoms. The number of nitrogens with one attached hydrogen (secondary N) is 1. The number of nitrogens with zero attached hydrogens (tertiary/aromatic N) is 1. The van der Waals surface area contributed by atoms with Crippen molar-refractivity contribution in [2.45, 2.75) is 44.3 Å². The van der Waals surface area contributed by atoms with Crippen molar-refractivity contribution in [1.29, 1.82) is 0 Å². The van der Waals surface area contributed by atoms with Crippen LogP contribution in [-0.4, -0.2) is 34.6 Å². The molecular formula is C17H20N2O6. The molecule has 25 heavy (non-hydrogen) atoms. The molecule has 1 aromatic rings. The van der Waals surface area contributed by atoms with E-state index in [1.54, 1.807) is 6.07 Å². The van der Waals surface area contributed by atoms with Crippen molar-refractivity contribution in [3.05, 3.63) is 34.4 Å². The number of nitro benzene ring substituents is 1. The SMILES string of the molecule is CC1(C)C[C@]2(CCO1)OC(=O)C[C@H]2C(=O)Nc1cccc([N+](=O)[O-])c1. The van der Waals surface area contributed by atoms with Gasteiger partial charge in [0.15, 0.2) is 0 Å². The summed E-state index contributed by atoms with van der Waals surface area (Å²) in [5.74, 6) is -1.43. The summed E-state index contributed by atoms with van der Waals surface area (Å²) in [5, 5.41) is 13.5. The molecule has 1 aromatic carbocycles. The van der Waals surface area contributed by atoms with Gasteiger partial charge in [-0.2, -0.15) is 0 Å². The van der Waals surface area contributed by atoms with E-state index < -0.39 is 28.0 Å². The molecule has 0 saturated carbocycles. The molecule has 0 radical (unpaired) electrons. The van der Waals surface area contributed by atoms with Crippen LogP contribution in [0.2, 0.25) is 0 Å². The van der Waals surface area contributed by atoms with Crippen molar-refractivity contribution in [2.24, 2.45) is 5.92 Å². The number of carbonyl (C=O) groups excluding carboxylic acids is 2. The molecule has 0 aromatic heterocycles. The average Bonchev–Trinajstić information content (AvgIpc) is 2.81. The lowest BCUT2D eigenvalue weighted by molar-refractivity contribution is -0.384. The molecule has 0 unspecified atom stereocenters. The molecule has 1 spiro atoms. The monoisotopic (exact) mass is 348 g/mol. The normalized spacial score (nSPS) is 27.8. The van der Waals surface area contributed by atoms with Gasteiger partial charge in [-0.15, -0.1) is 0 Å². The smallest absolute Gasteiger partial charge is 0.307 e. The van der Waals surface area contributed by atoms with Gasteiger partial charge in [-0.1, -0.05) is 6.07 Å². The van der Waals surface area contributed by atoms with Gasteiger partial charge in [0.25, 0.3) is 5.69 Å². The van der Waals surface area contributed by atoms with Crippen LogP contribution in [0, 0.1) is 16.0 Å². The number of nitro groups is 1. The first-order valence-electron chi connectivity index (χ1n) is 8.12. The topological polar surface area (TPSA) is 108 Å². The largest absolute Gasteiger partial charge is 0.458 e. The summed E-state index contributed by atoms with van der Waals surface area (Å²) >= 11 is 0. The number of anilines is 1. The summed E-state index contributed by atoms with van der Waals surface area (Å²) in [4.78, 5) is 35.0. The predicted octanol–water partition coefficient (Wildman–Crippen LogP) is 2.42. The van der Waals surface area contributed by atoms with Gasteiger partial charge in [0, 0.05) is 30.7 Å². The fourth-order valence-corrected chi connectivity index (χ4v) is 3.70. The maximum atomic E-state index is 12.8. The number of rotatable bonds is 3. The van der Waals surface area contributed by atoms with E-state index in [9.17, 15) is 19.7 Å². The van der Waals surface area contributed by atoms with Crippen LogP contribution in [-0.2, 0) is 19.1 Å². The number of esters is 1. The summed E-state index contributed by atoms with van der Waals surface area (Å²) in [7, 11) is 0. The number of ether oxygens (including phenoxy) is 2. The fraction of sp³-hybridized carbons (Fsp3) is 0.529. The standard InChI is InChI=1S/C17H20N2O6/c1-16(2)10-17(6-7-24-16)13(9-14(20)25-17)15(21)18-11-4-3-5-12(8-11)19(22)23/h3-5,8,13H,6-7,9-10H2,1-2H3,(H,18,21)/t13-,17-/m0/s1. The zero-order valence-electron chi connectivity index (χ0n) is 14.1. The Hall–Kier alpha value is -2.48. The second kappa shape index (κ2) is 6.11. The molecule has 2 aliphatic heterocycles. The van der Waals surface area contributed by atoms with Crippen LogP contribution in [0.3, 0.4) is 0 Å². The molecule has 2 heterocycles. The third-order valence-electron chi connectivity index (χ3n) is 4.71. The summed E-state index contributed by atoms with van der Waals surface area (Å²) in [6.45, 7) is 4.20. The summed E-state index contributed by atoms with van der Waals surface area (Å²) < 4.78 is 11.2. The van der Waals surface area contributed by atoms with Gasteiger partial charge in [-0.25, -0.2) is 0 Å². The fourth-order valence-electron chi connectivity index (χ4n) is 3.70. The van der Waals surface area contributed by atoms with Gasteiger partial charge in [0.1, 0.15) is 5.60 Å². The molecule has 1 N–H and O–H groups in total. The molecule has 2 fully saturated rings. The molecule has 8 nitrogen and oxygen atoms in total. The van der Waals surface area contributed by atoms with Crippen molar-refractivity contribution in [1.82, 2.24) is 0 Å². The Morgan fingerprint density at radius 3 is 2.84 bits per heavy atom. The molecule has 2 aliphatic rings. The molecule has 134 valence electrons. The van der Waals surface area contributed by atoms with E-state index in [1.165, 1.54) is 18.2 Å². The summed E-state index contributed by atoms with van der Waals surface area (Å²) in [5.41, 5.74) is -1.17. The summed E-state index contributed by atoms with van der Waals surface area (Å²) in [6, 6.07) is 5.71. The first-order valence-corrected chi connectivity index (χ1v) is 8.12. The van der Waals surface area contributed by atoms with Gasteiger partial charge in [-0.3, -0.25) is 19.7 Å². The predicted molar refractivity (Wildman–Crippen MR) is 87.9 cm³/mol. The van der Waals surface area contributed by atoms with Crippen LogP contribution in [0.4, 0.5) is 11.4 Å². The lowest BCUT2D eigenvalue weighted by atomic mass is 9.75. The third-order valence-corrected chi connectivity index (χ3v) is 4.71. The van der Waals surface area contributed by atoms with Gasteiger partial charge in [0.2, 0.25) is 5.91 Å². The lowest BCUT2D eigenvalue weighted by Crippen LogP contribution is -2.52. The lowest BCUT2D eigenvalue weighted by Gasteiger charge is -2.43. The van der Waals surface area contributed by atoms with E-state index in [1.807, 2.05) is 13.8 Å². The summed E-state index contributed by atoms with van der Waals surface area (Å²) in [6.07, 6.45) is 0.880. The number of amides is 1. The Labute approximate surface area is 144 Å². The first kappa shape index (κ1) is 17.3. The van der Waals surface area contributed by atoms with E-state index in [2.05, 4.69) is 5.32 Å². The highest BCUT2D eigenvalue weighted by Crippen LogP contribution is 2.46. The van der Waals surface area contributed by atoms with Crippen LogP contribution >= 0.6 is 0 Å². The third kappa shape index (κ3) is 3.48. The van der Waals surface area contributed by atoms with Crippen molar-refractivity contribution in [3.8, 4) is 0 Å². The molecule has 8 heteroatoms. The average molecular weight is 348 g/mol. The van der Waals surface area contributed by atoms with Crippen molar-refractivity contribution in [2.75, 3.05) is 11.9 Å². The van der Waals surface area contributed by atoms with Crippen molar-refractivity contribution < 1.29 is 24.0 Å².